The first-order valence-corrected chi connectivity index (χ1v) is 8.14. The van der Waals surface area contributed by atoms with Crippen LogP contribution in [0.15, 0.2) is 28.7 Å². The van der Waals surface area contributed by atoms with Gasteiger partial charge in [-0.15, -0.1) is 0 Å². The maximum absolute atomic E-state index is 12.2. The monoisotopic (exact) mass is 352 g/mol. The van der Waals surface area contributed by atoms with Gasteiger partial charge in [-0.2, -0.15) is 0 Å². The van der Waals surface area contributed by atoms with Gasteiger partial charge in [0.1, 0.15) is 5.60 Å². The molecule has 0 aromatic heterocycles. The molecule has 1 aromatic rings. The fourth-order valence-corrected chi connectivity index (χ4v) is 3.42. The fourth-order valence-electron chi connectivity index (χ4n) is 3.16. The summed E-state index contributed by atoms with van der Waals surface area (Å²) >= 11 is 3.46. The van der Waals surface area contributed by atoms with Gasteiger partial charge in [0, 0.05) is 29.3 Å². The average molecular weight is 353 g/mol. The minimum atomic E-state index is -0.426. The van der Waals surface area contributed by atoms with Crippen LogP contribution in [0.25, 0.3) is 0 Å². The third kappa shape index (κ3) is 3.03. The number of halogens is 1. The third-order valence-corrected chi connectivity index (χ3v) is 4.56. The van der Waals surface area contributed by atoms with E-state index in [9.17, 15) is 4.79 Å². The molecule has 2 aliphatic heterocycles. The molecule has 2 heterocycles. The first-order valence-electron chi connectivity index (χ1n) is 7.35. The highest BCUT2D eigenvalue weighted by Gasteiger charge is 2.46. The van der Waals surface area contributed by atoms with E-state index in [2.05, 4.69) is 45.1 Å². The Hall–Kier alpha value is -1.23. The van der Waals surface area contributed by atoms with Crippen LogP contribution >= 0.6 is 15.9 Å². The molecule has 0 spiro atoms. The third-order valence-electron chi connectivity index (χ3n) is 4.03. The summed E-state index contributed by atoms with van der Waals surface area (Å²) in [5.74, 6) is 0. The topological polar surface area (TPSA) is 32.8 Å². The van der Waals surface area contributed by atoms with Gasteiger partial charge in [0.15, 0.2) is 0 Å². The van der Waals surface area contributed by atoms with E-state index in [4.69, 9.17) is 4.74 Å². The highest BCUT2D eigenvalue weighted by Crippen LogP contribution is 2.35. The predicted molar refractivity (Wildman–Crippen MR) is 86.6 cm³/mol. The Kier molecular flexibility index (Phi) is 3.64. The van der Waals surface area contributed by atoms with Gasteiger partial charge in [0.25, 0.3) is 0 Å². The van der Waals surface area contributed by atoms with Crippen molar-refractivity contribution in [2.24, 2.45) is 0 Å². The van der Waals surface area contributed by atoms with E-state index in [1.54, 1.807) is 0 Å². The number of nitrogens with zero attached hydrogens (tertiary/aromatic N) is 2. The number of ether oxygens (including phenoxy) is 1. The number of piperazine rings is 1. The van der Waals surface area contributed by atoms with Crippen molar-refractivity contribution in [2.75, 3.05) is 18.0 Å². The Morgan fingerprint density at radius 1 is 1.19 bits per heavy atom. The molecule has 0 radical (unpaired) electrons. The minimum Gasteiger partial charge on any atom is -0.444 e. The average Bonchev–Trinajstić information content (AvgIpc) is 2.97. The number of hydrogen-bond donors (Lipinski definition) is 0. The predicted octanol–water partition coefficient (Wildman–Crippen LogP) is 3.65. The second-order valence-electron chi connectivity index (χ2n) is 6.80. The molecular weight excluding hydrogens is 332 g/mol. The number of hydrogen-bond acceptors (Lipinski definition) is 3. The molecule has 5 heteroatoms. The summed E-state index contributed by atoms with van der Waals surface area (Å²) in [6, 6.07) is 9.06. The van der Waals surface area contributed by atoms with E-state index >= 15 is 0 Å². The van der Waals surface area contributed by atoms with Crippen LogP contribution < -0.4 is 4.90 Å². The summed E-state index contributed by atoms with van der Waals surface area (Å²) in [6.07, 6.45) is 0.862. The number of carbonyl (C=O) groups is 1. The normalized spacial score (nSPS) is 24.6. The summed E-state index contributed by atoms with van der Waals surface area (Å²) in [6.45, 7) is 7.38. The van der Waals surface area contributed by atoms with Gasteiger partial charge in [-0.3, -0.25) is 0 Å². The molecule has 3 rings (SSSR count). The zero-order valence-corrected chi connectivity index (χ0v) is 14.3. The number of benzene rings is 1. The minimum absolute atomic E-state index is 0.176. The van der Waals surface area contributed by atoms with Crippen LogP contribution in [0.1, 0.15) is 27.2 Å². The number of carbonyl (C=O) groups excluding carboxylic acids is 1. The molecular formula is C16H21BrN2O2. The number of anilines is 1. The van der Waals surface area contributed by atoms with Crippen LogP contribution in [0.3, 0.4) is 0 Å². The van der Waals surface area contributed by atoms with Crippen molar-refractivity contribution < 1.29 is 9.53 Å². The van der Waals surface area contributed by atoms with Gasteiger partial charge in [-0.1, -0.05) is 15.9 Å². The summed E-state index contributed by atoms with van der Waals surface area (Å²) < 4.78 is 6.58. The van der Waals surface area contributed by atoms with Gasteiger partial charge in [0.05, 0.1) is 6.04 Å². The van der Waals surface area contributed by atoms with Crippen LogP contribution in [-0.2, 0) is 4.74 Å². The van der Waals surface area contributed by atoms with Gasteiger partial charge < -0.3 is 14.5 Å². The van der Waals surface area contributed by atoms with Crippen molar-refractivity contribution in [3.63, 3.8) is 0 Å². The molecule has 2 aliphatic rings. The van der Waals surface area contributed by atoms with Gasteiger partial charge in [-0.05, 0) is 51.5 Å². The van der Waals surface area contributed by atoms with Crippen LogP contribution in [0, 0.1) is 0 Å². The number of amides is 1. The van der Waals surface area contributed by atoms with Gasteiger partial charge >= 0.3 is 6.09 Å². The SMILES string of the molecule is CC(C)(C)OC(=O)N1C[C@H]2C[C@@H]1CN2c1ccc(Br)cc1. The van der Waals surface area contributed by atoms with Crippen LogP contribution in [0.5, 0.6) is 0 Å². The van der Waals surface area contributed by atoms with E-state index in [0.29, 0.717) is 6.04 Å². The lowest BCUT2D eigenvalue weighted by Gasteiger charge is -2.36. The van der Waals surface area contributed by atoms with Crippen LogP contribution in [-0.4, -0.2) is 41.8 Å². The second-order valence-corrected chi connectivity index (χ2v) is 7.72. The number of likely N-dealkylation sites (tertiary alicyclic amines) is 1. The lowest BCUT2D eigenvalue weighted by atomic mass is 10.2. The standard InChI is InChI=1S/C16H21BrN2O2/c1-16(2,3)21-15(20)19-10-13-8-14(19)9-18(13)12-6-4-11(17)5-7-12/h4-7,13-14H,8-10H2,1-3H3/t13-,14-/m1/s1. The highest BCUT2D eigenvalue weighted by molar-refractivity contribution is 9.10. The van der Waals surface area contributed by atoms with Crippen LogP contribution in [0.4, 0.5) is 10.5 Å². The lowest BCUT2D eigenvalue weighted by molar-refractivity contribution is 0.0215. The van der Waals surface area contributed by atoms with Crippen molar-refractivity contribution in [1.82, 2.24) is 4.90 Å². The van der Waals surface area contributed by atoms with Crippen molar-refractivity contribution in [3.8, 4) is 0 Å². The highest BCUT2D eigenvalue weighted by atomic mass is 79.9. The molecule has 2 bridgehead atoms. The van der Waals surface area contributed by atoms with Crippen LogP contribution in [0.2, 0.25) is 0 Å². The van der Waals surface area contributed by atoms with E-state index in [1.165, 1.54) is 5.69 Å². The maximum Gasteiger partial charge on any atom is 0.410 e. The van der Waals surface area contributed by atoms with Gasteiger partial charge in [-0.25, -0.2) is 4.79 Å². The lowest BCUT2D eigenvalue weighted by Crippen LogP contribution is -2.50. The van der Waals surface area contributed by atoms with E-state index < -0.39 is 5.60 Å². The summed E-state index contributed by atoms with van der Waals surface area (Å²) in [4.78, 5) is 16.5. The van der Waals surface area contributed by atoms with Crippen molar-refractivity contribution in [3.05, 3.63) is 28.7 Å². The van der Waals surface area contributed by atoms with E-state index in [1.807, 2.05) is 25.7 Å². The number of rotatable bonds is 1. The zero-order valence-electron chi connectivity index (χ0n) is 12.7. The molecule has 1 aromatic carbocycles. The van der Waals surface area contributed by atoms with Crippen molar-refractivity contribution in [2.45, 2.75) is 44.9 Å². The Labute approximate surface area is 134 Å². The maximum atomic E-state index is 12.2. The first-order chi connectivity index (χ1) is 9.83. The molecule has 4 nitrogen and oxygen atoms in total. The van der Waals surface area contributed by atoms with Crippen molar-refractivity contribution >= 4 is 27.7 Å². The Bertz CT molecular complexity index is 538. The van der Waals surface area contributed by atoms with E-state index in [0.717, 1.165) is 24.0 Å². The summed E-state index contributed by atoms with van der Waals surface area (Å²) in [5.41, 5.74) is 0.805. The zero-order chi connectivity index (χ0) is 15.2. The van der Waals surface area contributed by atoms with E-state index in [-0.39, 0.29) is 12.1 Å². The first kappa shape index (κ1) is 14.7. The summed E-state index contributed by atoms with van der Waals surface area (Å²) in [7, 11) is 0. The Balaban J connectivity index is 1.66. The molecule has 2 atom stereocenters. The molecule has 0 N–H and O–H groups in total. The van der Waals surface area contributed by atoms with Gasteiger partial charge in [0.2, 0.25) is 0 Å². The smallest absolute Gasteiger partial charge is 0.410 e. The second kappa shape index (κ2) is 5.20. The molecule has 2 saturated heterocycles. The molecule has 0 unspecified atom stereocenters. The molecule has 0 aliphatic carbocycles. The molecule has 114 valence electrons. The Morgan fingerprint density at radius 3 is 2.38 bits per heavy atom. The number of fused-ring (bicyclic) bond motifs is 2. The quantitative estimate of drug-likeness (QED) is 0.773. The molecule has 1 amide bonds. The van der Waals surface area contributed by atoms with Crippen molar-refractivity contribution in [1.29, 1.82) is 0 Å². The Morgan fingerprint density at radius 2 is 1.86 bits per heavy atom. The molecule has 21 heavy (non-hydrogen) atoms. The molecule has 2 fully saturated rings. The summed E-state index contributed by atoms with van der Waals surface area (Å²) in [5, 5.41) is 0. The molecule has 0 saturated carbocycles. The fraction of sp³-hybridized carbons (Fsp3) is 0.562. The largest absolute Gasteiger partial charge is 0.444 e.